The smallest absolute Gasteiger partial charge is 0.337 e. The van der Waals surface area contributed by atoms with Gasteiger partial charge in [-0.05, 0) is 31.0 Å². The molecular weight excluding hydrogens is 216 g/mol. The third kappa shape index (κ3) is 2.77. The van der Waals surface area contributed by atoms with Crippen molar-refractivity contribution in [1.82, 2.24) is 0 Å². The maximum absolute atomic E-state index is 11.4. The molecule has 0 amide bonds. The first-order valence-electron chi connectivity index (χ1n) is 5.89. The van der Waals surface area contributed by atoms with Gasteiger partial charge in [0.15, 0.2) is 0 Å². The number of esters is 1. The predicted molar refractivity (Wildman–Crippen MR) is 67.2 cm³/mol. The molecule has 0 bridgehead atoms. The van der Waals surface area contributed by atoms with Crippen molar-refractivity contribution in [2.45, 2.75) is 18.9 Å². The van der Waals surface area contributed by atoms with Gasteiger partial charge in [-0.3, -0.25) is 0 Å². The maximum Gasteiger partial charge on any atom is 0.337 e. The van der Waals surface area contributed by atoms with Crippen LogP contribution in [0.15, 0.2) is 24.3 Å². The highest BCUT2D eigenvalue weighted by atomic mass is 16.5. The Morgan fingerprint density at radius 3 is 2.76 bits per heavy atom. The van der Waals surface area contributed by atoms with Crippen molar-refractivity contribution in [2.75, 3.05) is 25.1 Å². The van der Waals surface area contributed by atoms with Gasteiger partial charge in [0, 0.05) is 24.8 Å². The first-order valence-corrected chi connectivity index (χ1v) is 5.89. The summed E-state index contributed by atoms with van der Waals surface area (Å²) in [6, 6.07) is 7.86. The Hall–Kier alpha value is -1.55. The number of carbonyl (C=O) groups excluding carboxylic acids is 1. The quantitative estimate of drug-likeness (QED) is 0.786. The van der Waals surface area contributed by atoms with E-state index in [0.29, 0.717) is 11.6 Å². The summed E-state index contributed by atoms with van der Waals surface area (Å²) in [4.78, 5) is 13.7. The molecule has 2 rings (SSSR count). The highest BCUT2D eigenvalue weighted by Gasteiger charge is 2.17. The van der Waals surface area contributed by atoms with Gasteiger partial charge in [-0.15, -0.1) is 0 Å². The highest BCUT2D eigenvalue weighted by Crippen LogP contribution is 2.20. The van der Waals surface area contributed by atoms with Crippen LogP contribution in [-0.4, -0.2) is 32.2 Å². The van der Waals surface area contributed by atoms with E-state index in [9.17, 15) is 4.79 Å². The summed E-state index contributed by atoms with van der Waals surface area (Å²) in [7, 11) is 1.40. The van der Waals surface area contributed by atoms with Crippen LogP contribution in [-0.2, 0) is 4.74 Å². The number of anilines is 1. The molecular formula is C13H18N2O2. The molecule has 0 unspecified atom stereocenters. The van der Waals surface area contributed by atoms with Gasteiger partial charge in [-0.25, -0.2) is 4.79 Å². The van der Waals surface area contributed by atoms with E-state index in [1.165, 1.54) is 7.11 Å². The molecule has 0 saturated carbocycles. The number of hydrogen-bond donors (Lipinski definition) is 1. The normalized spacial score (nSPS) is 16.9. The van der Waals surface area contributed by atoms with Crippen molar-refractivity contribution in [3.05, 3.63) is 29.8 Å². The van der Waals surface area contributed by atoms with Crippen LogP contribution in [0.2, 0.25) is 0 Å². The summed E-state index contributed by atoms with van der Waals surface area (Å²) in [5.74, 6) is -0.291. The van der Waals surface area contributed by atoms with Gasteiger partial charge < -0.3 is 15.4 Å². The minimum Gasteiger partial charge on any atom is -0.465 e. The zero-order chi connectivity index (χ0) is 12.3. The number of nitrogens with zero attached hydrogens (tertiary/aromatic N) is 1. The minimum atomic E-state index is -0.291. The lowest BCUT2D eigenvalue weighted by Gasteiger charge is -2.32. The van der Waals surface area contributed by atoms with Gasteiger partial charge in [0.05, 0.1) is 12.7 Å². The average Bonchev–Trinajstić information content (AvgIpc) is 2.39. The molecule has 4 heteroatoms. The Morgan fingerprint density at radius 2 is 2.12 bits per heavy atom. The van der Waals surface area contributed by atoms with E-state index in [1.54, 1.807) is 6.07 Å². The van der Waals surface area contributed by atoms with Crippen molar-refractivity contribution < 1.29 is 9.53 Å². The Morgan fingerprint density at radius 1 is 1.41 bits per heavy atom. The summed E-state index contributed by atoms with van der Waals surface area (Å²) >= 11 is 0. The van der Waals surface area contributed by atoms with Gasteiger partial charge >= 0.3 is 5.97 Å². The largest absolute Gasteiger partial charge is 0.465 e. The Labute approximate surface area is 101 Å². The van der Waals surface area contributed by atoms with Gasteiger partial charge in [0.2, 0.25) is 0 Å². The molecule has 0 aliphatic carbocycles. The van der Waals surface area contributed by atoms with E-state index in [4.69, 9.17) is 10.5 Å². The number of piperidine rings is 1. The van der Waals surface area contributed by atoms with E-state index < -0.39 is 0 Å². The molecule has 1 aliphatic heterocycles. The summed E-state index contributed by atoms with van der Waals surface area (Å²) in [6.07, 6.45) is 2.00. The van der Waals surface area contributed by atoms with Gasteiger partial charge in [-0.2, -0.15) is 0 Å². The van der Waals surface area contributed by atoms with Gasteiger partial charge in [0.1, 0.15) is 0 Å². The Balaban J connectivity index is 2.13. The highest BCUT2D eigenvalue weighted by molar-refractivity contribution is 5.90. The molecule has 4 nitrogen and oxygen atoms in total. The van der Waals surface area contributed by atoms with Crippen LogP contribution in [0.3, 0.4) is 0 Å². The van der Waals surface area contributed by atoms with Crippen LogP contribution in [0, 0.1) is 0 Å². The lowest BCUT2D eigenvalue weighted by molar-refractivity contribution is 0.0601. The SMILES string of the molecule is COC(=O)c1cccc(N2CCC(N)CC2)c1. The van der Waals surface area contributed by atoms with E-state index in [-0.39, 0.29) is 5.97 Å². The third-order valence-corrected chi connectivity index (χ3v) is 3.17. The van der Waals surface area contributed by atoms with Crippen molar-refractivity contribution in [1.29, 1.82) is 0 Å². The van der Waals surface area contributed by atoms with Crippen molar-refractivity contribution in [3.63, 3.8) is 0 Å². The summed E-state index contributed by atoms with van der Waals surface area (Å²) in [6.45, 7) is 1.90. The number of rotatable bonds is 2. The van der Waals surface area contributed by atoms with E-state index in [2.05, 4.69) is 4.90 Å². The van der Waals surface area contributed by atoms with Crippen LogP contribution in [0.5, 0.6) is 0 Å². The molecule has 17 heavy (non-hydrogen) atoms. The third-order valence-electron chi connectivity index (χ3n) is 3.17. The zero-order valence-corrected chi connectivity index (χ0v) is 10.1. The second-order valence-corrected chi connectivity index (χ2v) is 4.37. The van der Waals surface area contributed by atoms with E-state index in [0.717, 1.165) is 31.6 Å². The fourth-order valence-electron chi connectivity index (χ4n) is 2.11. The number of nitrogens with two attached hydrogens (primary N) is 1. The number of carbonyl (C=O) groups is 1. The Kier molecular flexibility index (Phi) is 3.64. The van der Waals surface area contributed by atoms with Crippen LogP contribution >= 0.6 is 0 Å². The van der Waals surface area contributed by atoms with Crippen LogP contribution in [0.1, 0.15) is 23.2 Å². The van der Waals surface area contributed by atoms with Crippen molar-refractivity contribution in [2.24, 2.45) is 5.73 Å². The molecule has 0 spiro atoms. The van der Waals surface area contributed by atoms with Crippen molar-refractivity contribution in [3.8, 4) is 0 Å². The van der Waals surface area contributed by atoms with Crippen LogP contribution < -0.4 is 10.6 Å². The van der Waals surface area contributed by atoms with E-state index >= 15 is 0 Å². The standard InChI is InChI=1S/C13H18N2O2/c1-17-13(16)10-3-2-4-12(9-10)15-7-5-11(14)6-8-15/h2-4,9,11H,5-8,14H2,1H3. The maximum atomic E-state index is 11.4. The minimum absolute atomic E-state index is 0.291. The number of ether oxygens (including phenoxy) is 1. The zero-order valence-electron chi connectivity index (χ0n) is 10.1. The molecule has 0 radical (unpaired) electrons. The molecule has 1 aliphatic rings. The average molecular weight is 234 g/mol. The number of benzene rings is 1. The summed E-state index contributed by atoms with van der Waals surface area (Å²) < 4.78 is 4.72. The second-order valence-electron chi connectivity index (χ2n) is 4.37. The fraction of sp³-hybridized carbons (Fsp3) is 0.462. The van der Waals surface area contributed by atoms with Gasteiger partial charge in [-0.1, -0.05) is 6.07 Å². The fourth-order valence-corrected chi connectivity index (χ4v) is 2.11. The number of hydrogen-bond acceptors (Lipinski definition) is 4. The van der Waals surface area contributed by atoms with E-state index in [1.807, 2.05) is 18.2 Å². The molecule has 1 heterocycles. The van der Waals surface area contributed by atoms with Crippen molar-refractivity contribution >= 4 is 11.7 Å². The molecule has 1 saturated heterocycles. The molecule has 1 aromatic carbocycles. The Bertz CT molecular complexity index is 398. The molecule has 0 atom stereocenters. The van der Waals surface area contributed by atoms with Crippen LogP contribution in [0.25, 0.3) is 0 Å². The summed E-state index contributed by atoms with van der Waals surface area (Å²) in [5, 5.41) is 0. The molecule has 92 valence electrons. The first-order chi connectivity index (χ1) is 8.20. The molecule has 1 fully saturated rings. The lowest BCUT2D eigenvalue weighted by atomic mass is 10.0. The number of methoxy groups -OCH3 is 1. The predicted octanol–water partition coefficient (Wildman–Crippen LogP) is 1.40. The molecule has 1 aromatic rings. The summed E-state index contributed by atoms with van der Waals surface area (Å²) in [5.41, 5.74) is 7.54. The monoisotopic (exact) mass is 234 g/mol. The van der Waals surface area contributed by atoms with Gasteiger partial charge in [0.25, 0.3) is 0 Å². The molecule has 2 N–H and O–H groups in total. The topological polar surface area (TPSA) is 55.6 Å². The molecule has 0 aromatic heterocycles. The first kappa shape index (κ1) is 11.9. The van der Waals surface area contributed by atoms with Crippen LogP contribution in [0.4, 0.5) is 5.69 Å². The second kappa shape index (κ2) is 5.19. The lowest BCUT2D eigenvalue weighted by Crippen LogP contribution is -2.39.